The minimum absolute atomic E-state index is 0.0304. The normalized spacial score (nSPS) is 11.6. The molecule has 1 rings (SSSR count). The van der Waals surface area contributed by atoms with E-state index in [0.717, 1.165) is 5.56 Å². The lowest BCUT2D eigenvalue weighted by Gasteiger charge is -2.06. The lowest BCUT2D eigenvalue weighted by atomic mass is 10.0. The van der Waals surface area contributed by atoms with Crippen LogP contribution in [0.4, 0.5) is 5.69 Å². The molecule has 0 heterocycles. The van der Waals surface area contributed by atoms with E-state index in [1.54, 1.807) is 13.0 Å². The first-order chi connectivity index (χ1) is 8.01. The van der Waals surface area contributed by atoms with Crippen molar-refractivity contribution >= 4 is 22.3 Å². The van der Waals surface area contributed by atoms with Crippen LogP contribution in [0.5, 0.6) is 0 Å². The van der Waals surface area contributed by atoms with Crippen LogP contribution in [-0.4, -0.2) is 4.92 Å². The molecule has 1 aromatic carbocycles. The van der Waals surface area contributed by atoms with Gasteiger partial charge in [0, 0.05) is 23.3 Å². The SMILES string of the molecule is CCC(C#N)=C(Cl)c1cc([N+](=O)[O-])ccc1C. The molecule has 0 aliphatic heterocycles. The van der Waals surface area contributed by atoms with Crippen molar-refractivity contribution in [1.29, 1.82) is 5.26 Å². The summed E-state index contributed by atoms with van der Waals surface area (Å²) in [4.78, 5) is 10.2. The number of rotatable bonds is 3. The van der Waals surface area contributed by atoms with Crippen LogP contribution >= 0.6 is 11.6 Å². The number of allylic oxidation sites excluding steroid dienone is 1. The van der Waals surface area contributed by atoms with Gasteiger partial charge in [-0.25, -0.2) is 0 Å². The third-order valence-corrected chi connectivity index (χ3v) is 2.85. The molecule has 0 spiro atoms. The van der Waals surface area contributed by atoms with Gasteiger partial charge in [-0.3, -0.25) is 10.1 Å². The molecule has 0 amide bonds. The van der Waals surface area contributed by atoms with Crippen molar-refractivity contribution in [1.82, 2.24) is 0 Å². The minimum atomic E-state index is -0.481. The van der Waals surface area contributed by atoms with Gasteiger partial charge in [0.15, 0.2) is 0 Å². The van der Waals surface area contributed by atoms with E-state index in [2.05, 4.69) is 0 Å². The largest absolute Gasteiger partial charge is 0.270 e. The molecule has 17 heavy (non-hydrogen) atoms. The van der Waals surface area contributed by atoms with Crippen molar-refractivity contribution < 1.29 is 4.92 Å². The van der Waals surface area contributed by atoms with Gasteiger partial charge in [0.1, 0.15) is 0 Å². The standard InChI is InChI=1S/C12H11ClN2O2/c1-3-9(7-14)12(13)11-6-10(15(16)17)5-4-8(11)2/h4-6H,3H2,1-2H3. The van der Waals surface area contributed by atoms with Crippen molar-refractivity contribution in [2.45, 2.75) is 20.3 Å². The third-order valence-electron chi connectivity index (χ3n) is 2.42. The van der Waals surface area contributed by atoms with Gasteiger partial charge in [-0.1, -0.05) is 24.6 Å². The monoisotopic (exact) mass is 250 g/mol. The molecule has 0 saturated carbocycles. The number of non-ortho nitro benzene ring substituents is 1. The average molecular weight is 251 g/mol. The van der Waals surface area contributed by atoms with Crippen molar-refractivity contribution in [3.63, 3.8) is 0 Å². The molecular weight excluding hydrogens is 240 g/mol. The van der Waals surface area contributed by atoms with Gasteiger partial charge in [0.2, 0.25) is 0 Å². The van der Waals surface area contributed by atoms with Gasteiger partial charge >= 0.3 is 0 Å². The molecular formula is C12H11ClN2O2. The summed E-state index contributed by atoms with van der Waals surface area (Å²) in [5.41, 5.74) is 1.74. The number of nitro groups is 1. The average Bonchev–Trinajstić information content (AvgIpc) is 2.30. The smallest absolute Gasteiger partial charge is 0.258 e. The highest BCUT2D eigenvalue weighted by molar-refractivity contribution is 6.49. The van der Waals surface area contributed by atoms with Gasteiger partial charge in [-0.05, 0) is 18.9 Å². The molecule has 1 aromatic rings. The molecule has 0 radical (unpaired) electrons. The molecule has 5 heteroatoms. The summed E-state index contributed by atoms with van der Waals surface area (Å²) in [6.45, 7) is 3.61. The Bertz CT molecular complexity index is 530. The number of nitriles is 1. The Morgan fingerprint density at radius 2 is 2.24 bits per heavy atom. The van der Waals surface area contributed by atoms with E-state index in [0.29, 0.717) is 17.6 Å². The van der Waals surface area contributed by atoms with Crippen LogP contribution in [0.2, 0.25) is 0 Å². The van der Waals surface area contributed by atoms with Crippen LogP contribution in [0.3, 0.4) is 0 Å². The maximum Gasteiger partial charge on any atom is 0.270 e. The van der Waals surface area contributed by atoms with Crippen LogP contribution in [0.15, 0.2) is 23.8 Å². The van der Waals surface area contributed by atoms with Crippen molar-refractivity contribution in [3.05, 3.63) is 45.0 Å². The second-order valence-electron chi connectivity index (χ2n) is 3.51. The minimum Gasteiger partial charge on any atom is -0.258 e. The van der Waals surface area contributed by atoms with E-state index in [1.807, 2.05) is 13.0 Å². The first-order valence-electron chi connectivity index (χ1n) is 5.05. The quantitative estimate of drug-likeness (QED) is 0.466. The van der Waals surface area contributed by atoms with Gasteiger partial charge in [-0.2, -0.15) is 5.26 Å². The molecule has 0 unspecified atom stereocenters. The highest BCUT2D eigenvalue weighted by Crippen LogP contribution is 2.30. The predicted octanol–water partition coefficient (Wildman–Crippen LogP) is 3.79. The fourth-order valence-corrected chi connectivity index (χ4v) is 1.79. The summed E-state index contributed by atoms with van der Waals surface area (Å²) in [5, 5.41) is 19.9. The van der Waals surface area contributed by atoms with Crippen molar-refractivity contribution in [2.24, 2.45) is 0 Å². The zero-order valence-corrected chi connectivity index (χ0v) is 10.3. The first kappa shape index (κ1) is 13.2. The number of nitrogens with zero attached hydrogens (tertiary/aromatic N) is 2. The molecule has 88 valence electrons. The van der Waals surface area contributed by atoms with Crippen LogP contribution in [0, 0.1) is 28.4 Å². The molecule has 4 nitrogen and oxygen atoms in total. The predicted molar refractivity (Wildman–Crippen MR) is 66.5 cm³/mol. The second-order valence-corrected chi connectivity index (χ2v) is 3.89. The topological polar surface area (TPSA) is 66.9 Å². The van der Waals surface area contributed by atoms with E-state index < -0.39 is 4.92 Å². The van der Waals surface area contributed by atoms with Gasteiger partial charge < -0.3 is 0 Å². The lowest BCUT2D eigenvalue weighted by Crippen LogP contribution is -1.93. The Balaban J connectivity index is 3.41. The third kappa shape index (κ3) is 2.83. The summed E-state index contributed by atoms with van der Waals surface area (Å²) in [6.07, 6.45) is 0.497. The van der Waals surface area contributed by atoms with E-state index in [-0.39, 0.29) is 10.7 Å². The Morgan fingerprint density at radius 3 is 2.71 bits per heavy atom. The molecule has 0 saturated heterocycles. The molecule has 0 atom stereocenters. The van der Waals surface area contributed by atoms with Gasteiger partial charge in [0.05, 0.1) is 16.0 Å². The van der Waals surface area contributed by atoms with E-state index in [9.17, 15) is 10.1 Å². The second kappa shape index (κ2) is 5.46. The number of hydrogen-bond donors (Lipinski definition) is 0. The van der Waals surface area contributed by atoms with Gasteiger partial charge in [0.25, 0.3) is 5.69 Å². The highest BCUT2D eigenvalue weighted by atomic mass is 35.5. The number of halogens is 1. The summed E-state index contributed by atoms with van der Waals surface area (Å²) < 4.78 is 0. The lowest BCUT2D eigenvalue weighted by molar-refractivity contribution is -0.384. The fourth-order valence-electron chi connectivity index (χ4n) is 1.41. The molecule has 0 bridgehead atoms. The van der Waals surface area contributed by atoms with E-state index in [4.69, 9.17) is 16.9 Å². The maximum atomic E-state index is 10.7. The molecule has 0 aromatic heterocycles. The van der Waals surface area contributed by atoms with E-state index >= 15 is 0 Å². The van der Waals surface area contributed by atoms with Crippen LogP contribution in [-0.2, 0) is 0 Å². The zero-order chi connectivity index (χ0) is 13.0. The molecule has 0 N–H and O–H groups in total. The Hall–Kier alpha value is -1.86. The Morgan fingerprint density at radius 1 is 1.59 bits per heavy atom. The summed E-state index contributed by atoms with van der Waals surface area (Å²) >= 11 is 6.09. The first-order valence-corrected chi connectivity index (χ1v) is 5.43. The van der Waals surface area contributed by atoms with E-state index in [1.165, 1.54) is 12.1 Å². The summed E-state index contributed by atoms with van der Waals surface area (Å²) in [5.74, 6) is 0. The van der Waals surface area contributed by atoms with Crippen LogP contribution in [0.25, 0.3) is 5.03 Å². The maximum absolute atomic E-state index is 10.7. The number of aryl methyl sites for hydroxylation is 1. The number of benzene rings is 1. The number of nitro benzene ring substituents is 1. The van der Waals surface area contributed by atoms with Crippen LogP contribution < -0.4 is 0 Å². The number of hydrogen-bond acceptors (Lipinski definition) is 3. The van der Waals surface area contributed by atoms with Gasteiger partial charge in [-0.15, -0.1) is 0 Å². The van der Waals surface area contributed by atoms with Crippen LogP contribution in [0.1, 0.15) is 24.5 Å². The molecule has 0 fully saturated rings. The Kier molecular flexibility index (Phi) is 4.24. The summed E-state index contributed by atoms with van der Waals surface area (Å²) in [6, 6.07) is 6.44. The Labute approximate surface area is 104 Å². The van der Waals surface area contributed by atoms with Crippen molar-refractivity contribution in [2.75, 3.05) is 0 Å². The molecule has 0 aliphatic carbocycles. The highest BCUT2D eigenvalue weighted by Gasteiger charge is 2.13. The van der Waals surface area contributed by atoms with Crippen molar-refractivity contribution in [3.8, 4) is 6.07 Å². The zero-order valence-electron chi connectivity index (χ0n) is 9.53. The molecule has 0 aliphatic rings. The summed E-state index contributed by atoms with van der Waals surface area (Å²) in [7, 11) is 0. The fraction of sp³-hybridized carbons (Fsp3) is 0.250.